The van der Waals surface area contributed by atoms with Gasteiger partial charge in [0, 0.05) is 11.6 Å². The predicted molar refractivity (Wildman–Crippen MR) is 63.4 cm³/mol. The molecule has 88 valence electrons. The van der Waals surface area contributed by atoms with Gasteiger partial charge in [-0.15, -0.1) is 0 Å². The van der Waals surface area contributed by atoms with Crippen LogP contribution < -0.4 is 11.3 Å². The van der Waals surface area contributed by atoms with E-state index in [-0.39, 0.29) is 16.9 Å². The Labute approximate surface area is 99.9 Å². The summed E-state index contributed by atoms with van der Waals surface area (Å²) in [6, 6.07) is 4.91. The van der Waals surface area contributed by atoms with Gasteiger partial charge in [0.2, 0.25) is 0 Å². The molecular formula is C12H16ClFN2. The Morgan fingerprint density at radius 3 is 2.81 bits per heavy atom. The average molecular weight is 243 g/mol. The average Bonchev–Trinajstić information content (AvgIpc) is 2.22. The summed E-state index contributed by atoms with van der Waals surface area (Å²) in [7, 11) is 0. The largest absolute Gasteiger partial charge is 0.271 e. The fourth-order valence-electron chi connectivity index (χ4n) is 2.14. The summed E-state index contributed by atoms with van der Waals surface area (Å²) >= 11 is 5.76. The van der Waals surface area contributed by atoms with E-state index in [1.807, 2.05) is 0 Å². The van der Waals surface area contributed by atoms with Crippen LogP contribution in [0, 0.1) is 11.7 Å². The van der Waals surface area contributed by atoms with Crippen LogP contribution in [0.15, 0.2) is 18.2 Å². The summed E-state index contributed by atoms with van der Waals surface area (Å²) in [6.45, 7) is 0. The fraction of sp³-hybridized carbons (Fsp3) is 0.500. The molecule has 1 fully saturated rings. The number of benzene rings is 1. The molecule has 2 nitrogen and oxygen atoms in total. The molecular weight excluding hydrogens is 227 g/mol. The van der Waals surface area contributed by atoms with Crippen molar-refractivity contribution in [1.29, 1.82) is 0 Å². The molecule has 1 aromatic rings. The lowest BCUT2D eigenvalue weighted by Gasteiger charge is -2.29. The van der Waals surface area contributed by atoms with Crippen LogP contribution in [0.25, 0.3) is 0 Å². The van der Waals surface area contributed by atoms with E-state index in [9.17, 15) is 4.39 Å². The Morgan fingerprint density at radius 2 is 2.25 bits per heavy atom. The van der Waals surface area contributed by atoms with Crippen LogP contribution in [0.5, 0.6) is 0 Å². The molecule has 1 unspecified atom stereocenters. The number of halogens is 2. The van der Waals surface area contributed by atoms with E-state index in [1.165, 1.54) is 19.3 Å². The van der Waals surface area contributed by atoms with Gasteiger partial charge in [0.15, 0.2) is 0 Å². The van der Waals surface area contributed by atoms with Gasteiger partial charge in [0.05, 0.1) is 5.02 Å². The lowest BCUT2D eigenvalue weighted by molar-refractivity contribution is 0.259. The second-order valence-corrected chi connectivity index (χ2v) is 4.80. The molecule has 1 aliphatic rings. The van der Waals surface area contributed by atoms with Crippen molar-refractivity contribution in [2.45, 2.75) is 31.7 Å². The third kappa shape index (κ3) is 2.37. The van der Waals surface area contributed by atoms with E-state index in [0.29, 0.717) is 11.5 Å². The normalized spacial score (nSPS) is 18.2. The lowest BCUT2D eigenvalue weighted by atomic mass is 9.79. The standard InChI is InChI=1S/C12H16ClFN2/c13-10-6-2-5-9(12(10)14)11(16-15)7-8-3-1-4-8/h2,5-6,8,11,16H,1,3-4,7,15H2. The van der Waals surface area contributed by atoms with Crippen molar-refractivity contribution < 1.29 is 4.39 Å². The third-order valence-electron chi connectivity index (χ3n) is 3.35. The van der Waals surface area contributed by atoms with Crippen LogP contribution in [0.4, 0.5) is 4.39 Å². The van der Waals surface area contributed by atoms with Crippen molar-refractivity contribution in [3.8, 4) is 0 Å². The summed E-state index contributed by atoms with van der Waals surface area (Å²) in [5, 5.41) is 0.159. The fourth-order valence-corrected chi connectivity index (χ4v) is 2.32. The minimum atomic E-state index is -0.355. The Morgan fingerprint density at radius 1 is 1.50 bits per heavy atom. The highest BCUT2D eigenvalue weighted by molar-refractivity contribution is 6.30. The number of hydrazine groups is 1. The van der Waals surface area contributed by atoms with Crippen LogP contribution in [-0.4, -0.2) is 0 Å². The molecule has 1 saturated carbocycles. The van der Waals surface area contributed by atoms with Crippen molar-refractivity contribution in [1.82, 2.24) is 5.43 Å². The van der Waals surface area contributed by atoms with E-state index < -0.39 is 0 Å². The Balaban J connectivity index is 2.15. The predicted octanol–water partition coefficient (Wildman–Crippen LogP) is 3.17. The van der Waals surface area contributed by atoms with Gasteiger partial charge in [-0.25, -0.2) is 4.39 Å². The highest BCUT2D eigenvalue weighted by atomic mass is 35.5. The van der Waals surface area contributed by atoms with Crippen molar-refractivity contribution in [3.05, 3.63) is 34.6 Å². The monoisotopic (exact) mass is 242 g/mol. The molecule has 1 aromatic carbocycles. The molecule has 0 aliphatic heterocycles. The number of nitrogens with one attached hydrogen (secondary N) is 1. The molecule has 0 bridgehead atoms. The highest BCUT2D eigenvalue weighted by Gasteiger charge is 2.24. The molecule has 16 heavy (non-hydrogen) atoms. The molecule has 0 aromatic heterocycles. The first-order valence-corrected chi connectivity index (χ1v) is 6.00. The number of nitrogens with two attached hydrogens (primary N) is 1. The minimum absolute atomic E-state index is 0.135. The molecule has 0 spiro atoms. The van der Waals surface area contributed by atoms with E-state index in [1.54, 1.807) is 18.2 Å². The van der Waals surface area contributed by atoms with Gasteiger partial charge in [-0.1, -0.05) is 43.0 Å². The second kappa shape index (κ2) is 5.13. The van der Waals surface area contributed by atoms with Crippen LogP contribution in [0.3, 0.4) is 0 Å². The van der Waals surface area contributed by atoms with Crippen molar-refractivity contribution >= 4 is 11.6 Å². The van der Waals surface area contributed by atoms with Crippen LogP contribution in [0.2, 0.25) is 5.02 Å². The number of hydrogen-bond acceptors (Lipinski definition) is 2. The van der Waals surface area contributed by atoms with Crippen LogP contribution in [-0.2, 0) is 0 Å². The zero-order valence-corrected chi connectivity index (χ0v) is 9.80. The molecule has 2 rings (SSSR count). The van der Waals surface area contributed by atoms with E-state index in [2.05, 4.69) is 5.43 Å². The molecule has 3 N–H and O–H groups in total. The summed E-state index contributed by atoms with van der Waals surface area (Å²) < 4.78 is 13.8. The zero-order chi connectivity index (χ0) is 11.5. The number of rotatable bonds is 4. The Hall–Kier alpha value is -0.640. The zero-order valence-electron chi connectivity index (χ0n) is 9.05. The van der Waals surface area contributed by atoms with Crippen molar-refractivity contribution in [2.24, 2.45) is 11.8 Å². The topological polar surface area (TPSA) is 38.0 Å². The maximum Gasteiger partial charge on any atom is 0.146 e. The van der Waals surface area contributed by atoms with Gasteiger partial charge < -0.3 is 0 Å². The van der Waals surface area contributed by atoms with E-state index in [4.69, 9.17) is 17.4 Å². The quantitative estimate of drug-likeness (QED) is 0.629. The molecule has 1 aliphatic carbocycles. The number of hydrogen-bond donors (Lipinski definition) is 2. The smallest absolute Gasteiger partial charge is 0.146 e. The van der Waals surface area contributed by atoms with Crippen molar-refractivity contribution in [3.63, 3.8) is 0 Å². The van der Waals surface area contributed by atoms with Crippen LogP contribution in [0.1, 0.15) is 37.3 Å². The van der Waals surface area contributed by atoms with Gasteiger partial charge >= 0.3 is 0 Å². The first kappa shape index (κ1) is 11.8. The maximum atomic E-state index is 13.8. The molecule has 0 saturated heterocycles. The Bertz CT molecular complexity index is 366. The highest BCUT2D eigenvalue weighted by Crippen LogP contribution is 2.35. The van der Waals surface area contributed by atoms with Gasteiger partial charge in [0.25, 0.3) is 0 Å². The minimum Gasteiger partial charge on any atom is -0.271 e. The maximum absolute atomic E-state index is 13.8. The van der Waals surface area contributed by atoms with Crippen LogP contribution >= 0.6 is 11.6 Å². The molecule has 0 radical (unpaired) electrons. The molecule has 1 atom stereocenters. The second-order valence-electron chi connectivity index (χ2n) is 4.39. The van der Waals surface area contributed by atoms with Gasteiger partial charge in [-0.2, -0.15) is 0 Å². The van der Waals surface area contributed by atoms with E-state index >= 15 is 0 Å². The Kier molecular flexibility index (Phi) is 3.79. The third-order valence-corrected chi connectivity index (χ3v) is 3.64. The summed E-state index contributed by atoms with van der Waals surface area (Å²) in [6.07, 6.45) is 4.61. The van der Waals surface area contributed by atoms with Gasteiger partial charge in [-0.3, -0.25) is 11.3 Å². The van der Waals surface area contributed by atoms with Gasteiger partial charge in [0.1, 0.15) is 5.82 Å². The molecule has 0 heterocycles. The van der Waals surface area contributed by atoms with Crippen molar-refractivity contribution in [2.75, 3.05) is 0 Å². The molecule has 4 heteroatoms. The summed E-state index contributed by atoms with van der Waals surface area (Å²) in [4.78, 5) is 0. The summed E-state index contributed by atoms with van der Waals surface area (Å²) in [5.41, 5.74) is 3.26. The first-order valence-electron chi connectivity index (χ1n) is 5.62. The van der Waals surface area contributed by atoms with E-state index in [0.717, 1.165) is 6.42 Å². The molecule has 0 amide bonds. The lowest BCUT2D eigenvalue weighted by Crippen LogP contribution is -2.31. The first-order chi connectivity index (χ1) is 7.72. The summed E-state index contributed by atoms with van der Waals surface area (Å²) in [5.74, 6) is 5.80. The van der Waals surface area contributed by atoms with Gasteiger partial charge in [-0.05, 0) is 18.4 Å². The SMILES string of the molecule is NNC(CC1CCC1)c1cccc(Cl)c1F.